The molecule has 8 heteroatoms. The molecule has 0 aliphatic heterocycles. The average Bonchev–Trinajstić information content (AvgIpc) is 3.14. The Hall–Kier alpha value is -3.94. The number of carboxylic acids is 1. The molecule has 0 aliphatic rings. The Morgan fingerprint density at radius 1 is 1.17 bits per heavy atom. The van der Waals surface area contributed by atoms with Crippen molar-refractivity contribution in [2.45, 2.75) is 6.42 Å². The highest BCUT2D eigenvalue weighted by Gasteiger charge is 2.13. The maximum absolute atomic E-state index is 12.7. The monoisotopic (exact) mass is 390 g/mol. The number of aromatic nitrogens is 3. The number of nitrogens with one attached hydrogen (secondary N) is 2. The topological polar surface area (TPSA) is 117 Å². The predicted octanol–water partition coefficient (Wildman–Crippen LogP) is 2.79. The highest BCUT2D eigenvalue weighted by Crippen LogP contribution is 2.27. The van der Waals surface area contributed by atoms with Crippen molar-refractivity contribution in [2.24, 2.45) is 0 Å². The summed E-state index contributed by atoms with van der Waals surface area (Å²) in [6.45, 7) is 0.373. The Balaban J connectivity index is 1.47. The molecule has 146 valence electrons. The summed E-state index contributed by atoms with van der Waals surface area (Å²) < 4.78 is 5.34. The summed E-state index contributed by atoms with van der Waals surface area (Å²) in [7, 11) is 1.59. The van der Waals surface area contributed by atoms with Crippen LogP contribution in [0.5, 0.6) is 5.75 Å². The van der Waals surface area contributed by atoms with Crippen LogP contribution in [0.15, 0.2) is 48.8 Å². The van der Waals surface area contributed by atoms with Crippen molar-refractivity contribution in [3.63, 3.8) is 0 Å². The van der Waals surface area contributed by atoms with Gasteiger partial charge in [-0.15, -0.1) is 0 Å². The van der Waals surface area contributed by atoms with Crippen molar-refractivity contribution in [1.29, 1.82) is 0 Å². The quantitative estimate of drug-likeness (QED) is 0.466. The molecule has 0 bridgehead atoms. The zero-order valence-corrected chi connectivity index (χ0v) is 15.6. The van der Waals surface area contributed by atoms with Gasteiger partial charge in [0.2, 0.25) is 0 Å². The molecule has 2 heterocycles. The molecule has 3 N–H and O–H groups in total. The second kappa shape index (κ2) is 7.59. The fourth-order valence-electron chi connectivity index (χ4n) is 3.24. The lowest BCUT2D eigenvalue weighted by atomic mass is 10.1. The van der Waals surface area contributed by atoms with E-state index in [2.05, 4.69) is 20.3 Å². The molecule has 1 amide bonds. The number of methoxy groups -OCH3 is 1. The molecule has 4 rings (SSSR count). The van der Waals surface area contributed by atoms with E-state index < -0.39 is 5.97 Å². The minimum atomic E-state index is -0.989. The Labute approximate surface area is 165 Å². The van der Waals surface area contributed by atoms with Gasteiger partial charge in [0.05, 0.1) is 23.7 Å². The first-order valence-corrected chi connectivity index (χ1v) is 8.97. The van der Waals surface area contributed by atoms with Gasteiger partial charge in [0.1, 0.15) is 11.6 Å². The zero-order valence-electron chi connectivity index (χ0n) is 15.6. The average molecular weight is 390 g/mol. The van der Waals surface area contributed by atoms with Crippen molar-refractivity contribution in [2.75, 3.05) is 13.7 Å². The number of hydrogen-bond donors (Lipinski definition) is 3. The normalized spacial score (nSPS) is 10.9. The number of rotatable bonds is 6. The smallest absolute Gasteiger partial charge is 0.335 e. The van der Waals surface area contributed by atoms with E-state index in [0.29, 0.717) is 46.5 Å². The third-order valence-electron chi connectivity index (χ3n) is 4.67. The van der Waals surface area contributed by atoms with Crippen molar-refractivity contribution < 1.29 is 19.4 Å². The van der Waals surface area contributed by atoms with E-state index in [4.69, 9.17) is 9.84 Å². The van der Waals surface area contributed by atoms with Crippen LogP contribution in [-0.2, 0) is 6.42 Å². The van der Waals surface area contributed by atoms with Crippen LogP contribution >= 0.6 is 0 Å². The third kappa shape index (κ3) is 3.60. The number of fused-ring (bicyclic) bond motifs is 2. The lowest BCUT2D eigenvalue weighted by molar-refractivity contribution is 0.0696. The number of aromatic amines is 1. The molecular weight excluding hydrogens is 372 g/mol. The molecule has 0 fully saturated rings. The van der Waals surface area contributed by atoms with E-state index in [-0.39, 0.29) is 11.5 Å². The molecular formula is C21H18N4O4. The van der Waals surface area contributed by atoms with Crippen LogP contribution < -0.4 is 10.1 Å². The largest absolute Gasteiger partial charge is 0.496 e. The van der Waals surface area contributed by atoms with Crippen molar-refractivity contribution >= 4 is 33.7 Å². The van der Waals surface area contributed by atoms with Gasteiger partial charge in [0.15, 0.2) is 0 Å². The van der Waals surface area contributed by atoms with Crippen LogP contribution in [0.3, 0.4) is 0 Å². The number of amides is 1. The van der Waals surface area contributed by atoms with Gasteiger partial charge in [0, 0.05) is 41.7 Å². The Morgan fingerprint density at radius 3 is 2.83 bits per heavy atom. The van der Waals surface area contributed by atoms with Crippen molar-refractivity contribution in [3.8, 4) is 5.75 Å². The highest BCUT2D eigenvalue weighted by molar-refractivity contribution is 6.08. The minimum absolute atomic E-state index is 0.195. The van der Waals surface area contributed by atoms with Gasteiger partial charge in [-0.05, 0) is 36.4 Å². The Bertz CT molecular complexity index is 1230. The molecule has 0 saturated heterocycles. The number of carbonyl (C=O) groups is 2. The predicted molar refractivity (Wildman–Crippen MR) is 107 cm³/mol. The number of H-pyrrole nitrogens is 1. The van der Waals surface area contributed by atoms with Gasteiger partial charge >= 0.3 is 5.97 Å². The number of carbonyl (C=O) groups excluding carboxylic acids is 1. The standard InChI is InChI=1S/C21H18N4O4/c1-29-18-5-3-14(15-11-22-8-6-13(15)18)20(26)23-9-7-19-24-16-4-2-12(21(27)28)10-17(16)25-19/h2-6,8,10-11H,7,9H2,1H3,(H,23,26)(H,24,25)(H,27,28). The number of benzene rings is 2. The van der Waals surface area contributed by atoms with Crippen molar-refractivity contribution in [3.05, 3.63) is 65.7 Å². The molecule has 0 radical (unpaired) electrons. The summed E-state index contributed by atoms with van der Waals surface area (Å²) >= 11 is 0. The fourth-order valence-corrected chi connectivity index (χ4v) is 3.24. The van der Waals surface area contributed by atoms with Crippen LogP contribution in [0, 0.1) is 0 Å². The van der Waals surface area contributed by atoms with E-state index >= 15 is 0 Å². The molecule has 4 aromatic rings. The number of aromatic carboxylic acids is 1. The Kier molecular flexibility index (Phi) is 4.82. The van der Waals surface area contributed by atoms with Gasteiger partial charge in [-0.2, -0.15) is 0 Å². The lowest BCUT2D eigenvalue weighted by Gasteiger charge is -2.10. The van der Waals surface area contributed by atoms with Crippen LogP contribution in [0.1, 0.15) is 26.5 Å². The molecule has 0 atom stereocenters. The second-order valence-corrected chi connectivity index (χ2v) is 6.46. The summed E-state index contributed by atoms with van der Waals surface area (Å²) in [5, 5.41) is 13.5. The maximum Gasteiger partial charge on any atom is 0.335 e. The minimum Gasteiger partial charge on any atom is -0.496 e. The number of imidazole rings is 1. The number of carboxylic acid groups (broad SMARTS) is 1. The number of pyridine rings is 1. The van der Waals surface area contributed by atoms with Crippen LogP contribution in [-0.4, -0.2) is 45.6 Å². The summed E-state index contributed by atoms with van der Waals surface area (Å²) in [6, 6.07) is 10.0. The first kappa shape index (κ1) is 18.4. The molecule has 8 nitrogen and oxygen atoms in total. The lowest BCUT2D eigenvalue weighted by Crippen LogP contribution is -2.26. The fraction of sp³-hybridized carbons (Fsp3) is 0.143. The van der Waals surface area contributed by atoms with Gasteiger partial charge in [-0.1, -0.05) is 0 Å². The number of hydrogen-bond acceptors (Lipinski definition) is 5. The van der Waals surface area contributed by atoms with Gasteiger partial charge < -0.3 is 20.1 Å². The molecule has 0 aliphatic carbocycles. The van der Waals surface area contributed by atoms with Gasteiger partial charge in [-0.3, -0.25) is 9.78 Å². The molecule has 29 heavy (non-hydrogen) atoms. The molecule has 2 aromatic carbocycles. The second-order valence-electron chi connectivity index (χ2n) is 6.46. The molecule has 0 saturated carbocycles. The van der Waals surface area contributed by atoms with Gasteiger partial charge in [0.25, 0.3) is 5.91 Å². The third-order valence-corrected chi connectivity index (χ3v) is 4.67. The van der Waals surface area contributed by atoms with E-state index in [1.54, 1.807) is 43.8 Å². The van der Waals surface area contributed by atoms with E-state index in [1.165, 1.54) is 6.07 Å². The SMILES string of the molecule is COc1ccc(C(=O)NCCc2nc3ccc(C(=O)O)cc3[nH]2)c2cnccc12. The molecule has 0 spiro atoms. The van der Waals surface area contributed by atoms with Crippen LogP contribution in [0.2, 0.25) is 0 Å². The van der Waals surface area contributed by atoms with E-state index in [9.17, 15) is 9.59 Å². The van der Waals surface area contributed by atoms with Gasteiger partial charge in [-0.25, -0.2) is 9.78 Å². The van der Waals surface area contributed by atoms with Crippen molar-refractivity contribution in [1.82, 2.24) is 20.3 Å². The number of nitrogens with zero attached hydrogens (tertiary/aromatic N) is 2. The maximum atomic E-state index is 12.7. The Morgan fingerprint density at radius 2 is 2.03 bits per heavy atom. The molecule has 2 aromatic heterocycles. The summed E-state index contributed by atoms with van der Waals surface area (Å²) in [5.74, 6) is 0.150. The summed E-state index contributed by atoms with van der Waals surface area (Å²) in [6.07, 6.45) is 3.78. The highest BCUT2D eigenvalue weighted by atomic mass is 16.5. The number of ether oxygens (including phenoxy) is 1. The first-order chi connectivity index (χ1) is 14.1. The van der Waals surface area contributed by atoms with E-state index in [0.717, 1.165) is 5.39 Å². The molecule has 0 unspecified atom stereocenters. The van der Waals surface area contributed by atoms with Crippen LogP contribution in [0.25, 0.3) is 21.8 Å². The van der Waals surface area contributed by atoms with E-state index in [1.807, 2.05) is 6.07 Å². The first-order valence-electron chi connectivity index (χ1n) is 8.97. The summed E-state index contributed by atoms with van der Waals surface area (Å²) in [5.41, 5.74) is 2.05. The zero-order chi connectivity index (χ0) is 20.4. The van der Waals surface area contributed by atoms with Crippen LogP contribution in [0.4, 0.5) is 0 Å². The summed E-state index contributed by atoms with van der Waals surface area (Å²) in [4.78, 5) is 35.4.